The van der Waals surface area contributed by atoms with Gasteiger partial charge in [0.1, 0.15) is 5.82 Å². The van der Waals surface area contributed by atoms with Crippen LogP contribution in [0.5, 0.6) is 0 Å². The fraction of sp³-hybridized carbons (Fsp3) is 0.345. The molecule has 0 unspecified atom stereocenters. The van der Waals surface area contributed by atoms with Gasteiger partial charge in [-0.05, 0) is 60.9 Å². The summed E-state index contributed by atoms with van der Waals surface area (Å²) in [7, 11) is 0. The minimum Gasteiger partial charge on any atom is -0.395 e. The number of hydrogen-bond acceptors (Lipinski definition) is 4. The van der Waals surface area contributed by atoms with Crippen molar-refractivity contribution in [3.05, 3.63) is 78.5 Å². The Balaban J connectivity index is 0.00000252. The van der Waals surface area contributed by atoms with Gasteiger partial charge in [-0.2, -0.15) is 13.5 Å². The summed E-state index contributed by atoms with van der Waals surface area (Å²) in [6.07, 6.45) is 7.24. The Labute approximate surface area is 223 Å². The quantitative estimate of drug-likeness (QED) is 0.381. The van der Waals surface area contributed by atoms with Crippen LogP contribution in [-0.4, -0.2) is 63.0 Å². The molecule has 0 bridgehead atoms. The molecule has 6 nitrogen and oxygen atoms in total. The van der Waals surface area contributed by atoms with E-state index in [9.17, 15) is 9.50 Å². The van der Waals surface area contributed by atoms with Gasteiger partial charge in [0.2, 0.25) is 0 Å². The molecule has 0 radical (unpaired) electrons. The molecule has 1 N–H and O–H groups in total. The number of imidazole rings is 1. The van der Waals surface area contributed by atoms with Gasteiger partial charge in [-0.25, -0.2) is 9.37 Å². The Morgan fingerprint density at radius 2 is 1.86 bits per heavy atom. The first-order valence-corrected chi connectivity index (χ1v) is 12.7. The maximum absolute atomic E-state index is 13.5. The van der Waals surface area contributed by atoms with E-state index in [0.29, 0.717) is 5.41 Å². The van der Waals surface area contributed by atoms with E-state index in [4.69, 9.17) is 4.98 Å². The molecule has 3 aliphatic heterocycles. The van der Waals surface area contributed by atoms with Crippen LogP contribution < -0.4 is 4.90 Å². The van der Waals surface area contributed by atoms with E-state index in [0.717, 1.165) is 55.4 Å². The third-order valence-corrected chi connectivity index (χ3v) is 8.38. The second-order valence-corrected chi connectivity index (χ2v) is 10.8. The topological polar surface area (TPSA) is 49.5 Å². The number of likely N-dealkylation sites (tertiary alicyclic amines) is 1. The number of rotatable bonds is 4. The first-order valence-electron chi connectivity index (χ1n) is 12.7. The number of aromatic nitrogens is 3. The monoisotopic (exact) mass is 517 g/mol. The van der Waals surface area contributed by atoms with Gasteiger partial charge in [0, 0.05) is 74.0 Å². The molecule has 8 heteroatoms. The van der Waals surface area contributed by atoms with Crippen molar-refractivity contribution in [1.82, 2.24) is 19.0 Å². The van der Waals surface area contributed by atoms with Crippen molar-refractivity contribution in [2.24, 2.45) is 5.41 Å². The van der Waals surface area contributed by atoms with Crippen molar-refractivity contribution >= 4 is 19.2 Å². The number of anilines is 1. The number of benzene rings is 2. The zero-order chi connectivity index (χ0) is 24.4. The maximum atomic E-state index is 13.5. The van der Waals surface area contributed by atoms with Crippen molar-refractivity contribution < 1.29 is 9.50 Å². The van der Waals surface area contributed by atoms with E-state index in [1.54, 1.807) is 0 Å². The summed E-state index contributed by atoms with van der Waals surface area (Å²) < 4.78 is 17.9. The van der Waals surface area contributed by atoms with E-state index in [-0.39, 0.29) is 32.0 Å². The lowest BCUT2D eigenvalue weighted by molar-refractivity contribution is -0.0268. The molecule has 4 aromatic rings. The Kier molecular flexibility index (Phi) is 5.93. The number of nitrogens with zero attached hydrogens (tertiary/aromatic N) is 5. The molecule has 1 spiro atoms. The predicted octanol–water partition coefficient (Wildman–Crippen LogP) is 4.51. The number of halogens is 1. The number of fused-ring (bicyclic) bond motifs is 5. The van der Waals surface area contributed by atoms with E-state index in [1.807, 2.05) is 24.5 Å². The second-order valence-electron chi connectivity index (χ2n) is 10.8. The molecule has 0 aliphatic carbocycles. The Hall–Kier alpha value is -3.07. The smallest absolute Gasteiger partial charge is 0.161 e. The minimum atomic E-state index is -0.224. The van der Waals surface area contributed by atoms with E-state index in [1.165, 1.54) is 35.5 Å². The Morgan fingerprint density at radius 1 is 1.05 bits per heavy atom. The lowest BCUT2D eigenvalue weighted by atomic mass is 9.78. The molecular weight excluding hydrogens is 485 g/mol. The molecule has 2 aromatic carbocycles. The molecule has 2 fully saturated rings. The zero-order valence-electron chi connectivity index (χ0n) is 20.9. The fourth-order valence-electron chi connectivity index (χ4n) is 6.29. The standard InChI is InChI=1S/C29H30FN5O.H2S/c1-20(16-36)34-18-29(19-34)8-10-32(17-29)25-6-7-26-23(12-25)15-33-14-22(21-2-4-24(30)5-3-21)13-27(33)28-31-9-11-35(26)28;/h2-7,9,11-14,20,36H,8,10,15-19H2,1H3;1H2/t20-;/m0./s1. The van der Waals surface area contributed by atoms with Crippen LogP contribution in [-0.2, 0) is 6.54 Å². The van der Waals surface area contributed by atoms with Crippen molar-refractivity contribution in [2.45, 2.75) is 25.9 Å². The highest BCUT2D eigenvalue weighted by atomic mass is 32.1. The van der Waals surface area contributed by atoms with Crippen molar-refractivity contribution in [2.75, 3.05) is 37.7 Å². The lowest BCUT2D eigenvalue weighted by Crippen LogP contribution is -2.60. The highest BCUT2D eigenvalue weighted by Gasteiger charge is 2.48. The van der Waals surface area contributed by atoms with E-state index >= 15 is 0 Å². The van der Waals surface area contributed by atoms with Gasteiger partial charge < -0.3 is 14.6 Å². The fourth-order valence-corrected chi connectivity index (χ4v) is 6.29. The molecule has 2 aromatic heterocycles. The number of hydrogen-bond donors (Lipinski definition) is 1. The molecule has 0 saturated carbocycles. The first kappa shape index (κ1) is 24.3. The normalized spacial score (nSPS) is 18.4. The van der Waals surface area contributed by atoms with Crippen LogP contribution in [0, 0.1) is 11.2 Å². The van der Waals surface area contributed by atoms with Crippen LogP contribution in [0.2, 0.25) is 0 Å². The van der Waals surface area contributed by atoms with Gasteiger partial charge in [-0.1, -0.05) is 12.1 Å². The van der Waals surface area contributed by atoms with Gasteiger partial charge in [-0.3, -0.25) is 9.47 Å². The van der Waals surface area contributed by atoms with E-state index < -0.39 is 0 Å². The largest absolute Gasteiger partial charge is 0.395 e. The van der Waals surface area contributed by atoms with Crippen LogP contribution in [0.15, 0.2) is 67.1 Å². The van der Waals surface area contributed by atoms with Crippen LogP contribution >= 0.6 is 13.5 Å². The molecular formula is C29H32FN5OS. The van der Waals surface area contributed by atoms with Crippen molar-refractivity contribution in [1.29, 1.82) is 0 Å². The van der Waals surface area contributed by atoms with Gasteiger partial charge in [0.25, 0.3) is 0 Å². The predicted molar refractivity (Wildman–Crippen MR) is 149 cm³/mol. The average Bonchev–Trinajstić information content (AvgIpc) is 3.60. The molecule has 192 valence electrons. The van der Waals surface area contributed by atoms with Gasteiger partial charge in [0.15, 0.2) is 5.82 Å². The lowest BCUT2D eigenvalue weighted by Gasteiger charge is -2.50. The molecule has 37 heavy (non-hydrogen) atoms. The third-order valence-electron chi connectivity index (χ3n) is 8.38. The van der Waals surface area contributed by atoms with Crippen LogP contribution in [0.25, 0.3) is 28.3 Å². The minimum absolute atomic E-state index is 0. The van der Waals surface area contributed by atoms with Gasteiger partial charge in [-0.15, -0.1) is 0 Å². The second kappa shape index (κ2) is 9.04. The zero-order valence-corrected chi connectivity index (χ0v) is 21.9. The average molecular weight is 518 g/mol. The molecule has 3 aliphatic rings. The summed E-state index contributed by atoms with van der Waals surface area (Å²) in [5.41, 5.74) is 7.17. The van der Waals surface area contributed by atoms with Gasteiger partial charge >= 0.3 is 0 Å². The Morgan fingerprint density at radius 3 is 2.65 bits per heavy atom. The van der Waals surface area contributed by atoms with Gasteiger partial charge in [0.05, 0.1) is 18.0 Å². The van der Waals surface area contributed by atoms with Crippen LogP contribution in [0.4, 0.5) is 10.1 Å². The molecule has 1 atom stereocenters. The SMILES string of the molecule is C[C@@H](CO)N1CC2(CCN(c3ccc4c(c3)Cn3cc(-c5ccc(F)cc5)cc3-c3nccn3-4)C2)C1.S. The summed E-state index contributed by atoms with van der Waals surface area (Å²) in [5, 5.41) is 9.49. The summed E-state index contributed by atoms with van der Waals surface area (Å²) in [4.78, 5) is 9.62. The number of aliphatic hydroxyl groups excluding tert-OH is 1. The third kappa shape index (κ3) is 3.98. The van der Waals surface area contributed by atoms with Crippen molar-refractivity contribution in [3.8, 4) is 28.3 Å². The summed E-state index contributed by atoms with van der Waals surface area (Å²) in [6.45, 7) is 7.38. The summed E-state index contributed by atoms with van der Waals surface area (Å²) in [6, 6.07) is 15.9. The summed E-state index contributed by atoms with van der Waals surface area (Å²) in [5.74, 6) is 0.695. The highest BCUT2D eigenvalue weighted by Crippen LogP contribution is 2.43. The summed E-state index contributed by atoms with van der Waals surface area (Å²) >= 11 is 0. The van der Waals surface area contributed by atoms with Crippen LogP contribution in [0.3, 0.4) is 0 Å². The highest BCUT2D eigenvalue weighted by molar-refractivity contribution is 7.59. The molecule has 0 amide bonds. The van der Waals surface area contributed by atoms with Crippen LogP contribution in [0.1, 0.15) is 18.9 Å². The maximum Gasteiger partial charge on any atom is 0.161 e. The molecule has 5 heterocycles. The van der Waals surface area contributed by atoms with Crippen molar-refractivity contribution in [3.63, 3.8) is 0 Å². The van der Waals surface area contributed by atoms with E-state index in [2.05, 4.69) is 56.3 Å². The Bertz CT molecular complexity index is 1440. The molecule has 2 saturated heterocycles. The number of aliphatic hydroxyl groups is 1. The molecule has 7 rings (SSSR count). The first-order chi connectivity index (χ1) is 17.5.